The molecule has 3 amide bonds. The average molecular weight is 384 g/mol. The van der Waals surface area contributed by atoms with E-state index in [0.717, 1.165) is 4.90 Å². The molecule has 0 radical (unpaired) electrons. The first-order valence-electron chi connectivity index (χ1n) is 8.62. The normalized spacial score (nSPS) is 16.5. The SMILES string of the molecule is CCOc1ccc(N2C(=O)CC(Sc3ccc(NC(C)=O)cc3)C2=O)cc1. The molecular formula is C20H20N2O4S. The summed E-state index contributed by atoms with van der Waals surface area (Å²) in [7, 11) is 0. The molecule has 1 unspecified atom stereocenters. The van der Waals surface area contributed by atoms with Gasteiger partial charge in [-0.2, -0.15) is 0 Å². The van der Waals surface area contributed by atoms with E-state index in [1.807, 2.05) is 19.1 Å². The van der Waals surface area contributed by atoms with E-state index < -0.39 is 5.25 Å². The zero-order valence-corrected chi connectivity index (χ0v) is 15.9. The topological polar surface area (TPSA) is 75.7 Å². The van der Waals surface area contributed by atoms with Crippen molar-refractivity contribution in [2.45, 2.75) is 30.4 Å². The molecule has 1 heterocycles. The molecule has 0 aliphatic carbocycles. The Labute approximate surface area is 161 Å². The minimum Gasteiger partial charge on any atom is -0.494 e. The largest absolute Gasteiger partial charge is 0.494 e. The zero-order chi connectivity index (χ0) is 19.4. The van der Waals surface area contributed by atoms with Gasteiger partial charge in [0.2, 0.25) is 17.7 Å². The fraction of sp³-hybridized carbons (Fsp3) is 0.250. The number of imide groups is 1. The smallest absolute Gasteiger partial charge is 0.247 e. The maximum atomic E-state index is 12.7. The van der Waals surface area contributed by atoms with E-state index >= 15 is 0 Å². The lowest BCUT2D eigenvalue weighted by molar-refractivity contribution is -0.121. The number of nitrogens with one attached hydrogen (secondary N) is 1. The van der Waals surface area contributed by atoms with Crippen LogP contribution in [-0.2, 0) is 14.4 Å². The van der Waals surface area contributed by atoms with Crippen molar-refractivity contribution in [2.75, 3.05) is 16.8 Å². The quantitative estimate of drug-likeness (QED) is 0.772. The van der Waals surface area contributed by atoms with Crippen molar-refractivity contribution in [3.05, 3.63) is 48.5 Å². The molecule has 6 nitrogen and oxygen atoms in total. The predicted molar refractivity (Wildman–Crippen MR) is 105 cm³/mol. The van der Waals surface area contributed by atoms with E-state index in [2.05, 4.69) is 5.32 Å². The highest BCUT2D eigenvalue weighted by atomic mass is 32.2. The standard InChI is InChI=1S/C20H20N2O4S/c1-3-26-16-8-6-15(7-9-16)22-19(24)12-18(20(22)25)27-17-10-4-14(5-11-17)21-13(2)23/h4-11,18H,3,12H2,1-2H3,(H,21,23). The molecule has 7 heteroatoms. The van der Waals surface area contributed by atoms with Gasteiger partial charge in [-0.15, -0.1) is 11.8 Å². The highest BCUT2D eigenvalue weighted by molar-refractivity contribution is 8.00. The molecule has 0 saturated carbocycles. The minimum atomic E-state index is -0.462. The molecule has 0 bridgehead atoms. The number of carbonyl (C=O) groups excluding carboxylic acids is 3. The number of amides is 3. The first-order chi connectivity index (χ1) is 13.0. The summed E-state index contributed by atoms with van der Waals surface area (Å²) in [5.74, 6) is 0.125. The minimum absolute atomic E-state index is 0.141. The number of hydrogen-bond acceptors (Lipinski definition) is 5. The fourth-order valence-corrected chi connectivity index (χ4v) is 3.86. The summed E-state index contributed by atoms with van der Waals surface area (Å²) in [4.78, 5) is 38.3. The van der Waals surface area contributed by atoms with E-state index in [-0.39, 0.29) is 24.1 Å². The monoisotopic (exact) mass is 384 g/mol. The fourth-order valence-electron chi connectivity index (χ4n) is 2.81. The zero-order valence-electron chi connectivity index (χ0n) is 15.1. The van der Waals surface area contributed by atoms with Crippen LogP contribution in [0.4, 0.5) is 11.4 Å². The van der Waals surface area contributed by atoms with Crippen LogP contribution in [-0.4, -0.2) is 29.6 Å². The van der Waals surface area contributed by atoms with Crippen molar-refractivity contribution in [3.8, 4) is 5.75 Å². The van der Waals surface area contributed by atoms with Crippen LogP contribution in [0.3, 0.4) is 0 Å². The van der Waals surface area contributed by atoms with E-state index in [4.69, 9.17) is 4.74 Å². The highest BCUT2D eigenvalue weighted by Gasteiger charge is 2.40. The van der Waals surface area contributed by atoms with Gasteiger partial charge in [0.05, 0.1) is 17.5 Å². The summed E-state index contributed by atoms with van der Waals surface area (Å²) in [5.41, 5.74) is 1.24. The highest BCUT2D eigenvalue weighted by Crippen LogP contribution is 2.34. The van der Waals surface area contributed by atoms with Crippen molar-refractivity contribution in [1.82, 2.24) is 0 Å². The number of anilines is 2. The molecule has 1 fully saturated rings. The second-order valence-corrected chi connectivity index (χ2v) is 7.29. The maximum Gasteiger partial charge on any atom is 0.247 e. The summed E-state index contributed by atoms with van der Waals surface area (Å²) >= 11 is 1.35. The van der Waals surface area contributed by atoms with E-state index in [1.54, 1.807) is 36.4 Å². The molecule has 2 aromatic rings. The number of thioether (sulfide) groups is 1. The van der Waals surface area contributed by atoms with Gasteiger partial charge >= 0.3 is 0 Å². The molecule has 1 atom stereocenters. The van der Waals surface area contributed by atoms with Gasteiger partial charge in [-0.1, -0.05) is 0 Å². The van der Waals surface area contributed by atoms with Crippen molar-refractivity contribution in [2.24, 2.45) is 0 Å². The summed E-state index contributed by atoms with van der Waals surface area (Å²) in [6.45, 7) is 3.90. The molecule has 0 aromatic heterocycles. The Hall–Kier alpha value is -2.80. The predicted octanol–water partition coefficient (Wildman–Crippen LogP) is 3.47. The Balaban J connectivity index is 1.69. The van der Waals surface area contributed by atoms with E-state index in [0.29, 0.717) is 23.7 Å². The van der Waals surface area contributed by atoms with Crippen LogP contribution in [0.1, 0.15) is 20.3 Å². The number of hydrogen-bond donors (Lipinski definition) is 1. The second-order valence-electron chi connectivity index (χ2n) is 6.01. The summed E-state index contributed by atoms with van der Waals surface area (Å²) < 4.78 is 5.39. The van der Waals surface area contributed by atoms with Crippen LogP contribution < -0.4 is 15.0 Å². The molecule has 0 spiro atoms. The number of ether oxygens (including phenoxy) is 1. The number of rotatable bonds is 6. The Morgan fingerprint density at radius 2 is 1.81 bits per heavy atom. The van der Waals surface area contributed by atoms with Gasteiger partial charge in [0, 0.05) is 23.9 Å². The third kappa shape index (κ3) is 4.49. The summed E-state index contributed by atoms with van der Waals surface area (Å²) in [5, 5.41) is 2.23. The third-order valence-electron chi connectivity index (χ3n) is 3.96. The van der Waals surface area contributed by atoms with Crippen LogP contribution in [0.15, 0.2) is 53.4 Å². The van der Waals surface area contributed by atoms with Gasteiger partial charge in [-0.05, 0) is 55.5 Å². The molecule has 1 aliphatic rings. The molecule has 140 valence electrons. The number of benzene rings is 2. The molecular weight excluding hydrogens is 364 g/mol. The van der Waals surface area contributed by atoms with Crippen molar-refractivity contribution in [3.63, 3.8) is 0 Å². The lowest BCUT2D eigenvalue weighted by Gasteiger charge is -2.15. The lowest BCUT2D eigenvalue weighted by Crippen LogP contribution is -2.31. The third-order valence-corrected chi connectivity index (χ3v) is 5.16. The Kier molecular flexibility index (Phi) is 5.81. The van der Waals surface area contributed by atoms with Gasteiger partial charge in [-0.3, -0.25) is 14.4 Å². The van der Waals surface area contributed by atoms with Crippen LogP contribution >= 0.6 is 11.8 Å². The maximum absolute atomic E-state index is 12.7. The number of nitrogens with zero attached hydrogens (tertiary/aromatic N) is 1. The van der Waals surface area contributed by atoms with Crippen molar-refractivity contribution in [1.29, 1.82) is 0 Å². The molecule has 2 aromatic carbocycles. The molecule has 1 N–H and O–H groups in total. The van der Waals surface area contributed by atoms with E-state index in [1.165, 1.54) is 23.6 Å². The first-order valence-corrected chi connectivity index (χ1v) is 9.50. The van der Waals surface area contributed by atoms with Gasteiger partial charge < -0.3 is 10.1 Å². The molecule has 1 saturated heterocycles. The second kappa shape index (κ2) is 8.26. The Bertz CT molecular complexity index is 849. The van der Waals surface area contributed by atoms with Crippen LogP contribution in [0.2, 0.25) is 0 Å². The van der Waals surface area contributed by atoms with Gasteiger partial charge in [0.15, 0.2) is 0 Å². The molecule has 27 heavy (non-hydrogen) atoms. The molecule has 1 aliphatic heterocycles. The average Bonchev–Trinajstić information content (AvgIpc) is 2.91. The lowest BCUT2D eigenvalue weighted by atomic mass is 10.3. The van der Waals surface area contributed by atoms with Gasteiger partial charge in [-0.25, -0.2) is 4.90 Å². The van der Waals surface area contributed by atoms with E-state index in [9.17, 15) is 14.4 Å². The van der Waals surface area contributed by atoms with Crippen LogP contribution in [0.5, 0.6) is 5.75 Å². The van der Waals surface area contributed by atoms with Gasteiger partial charge in [0.25, 0.3) is 0 Å². The Morgan fingerprint density at radius 3 is 2.41 bits per heavy atom. The van der Waals surface area contributed by atoms with Crippen molar-refractivity contribution >= 4 is 40.9 Å². The van der Waals surface area contributed by atoms with Crippen molar-refractivity contribution < 1.29 is 19.1 Å². The Morgan fingerprint density at radius 1 is 1.15 bits per heavy atom. The first kappa shape index (κ1) is 19.0. The van der Waals surface area contributed by atoms with Crippen LogP contribution in [0, 0.1) is 0 Å². The summed E-state index contributed by atoms with van der Waals surface area (Å²) in [6, 6.07) is 14.1. The molecule has 3 rings (SSSR count). The summed E-state index contributed by atoms with van der Waals surface area (Å²) in [6.07, 6.45) is 0.157. The van der Waals surface area contributed by atoms with Crippen LogP contribution in [0.25, 0.3) is 0 Å². The number of carbonyl (C=O) groups is 3. The van der Waals surface area contributed by atoms with Gasteiger partial charge in [0.1, 0.15) is 5.75 Å².